The maximum Gasteiger partial charge on any atom is 0.127 e. The first kappa shape index (κ1) is 14.0. The predicted octanol–water partition coefficient (Wildman–Crippen LogP) is 2.98. The fraction of sp³-hybridized carbons (Fsp3) is 0.294. The molecule has 1 unspecified atom stereocenters. The van der Waals surface area contributed by atoms with Gasteiger partial charge in [-0.05, 0) is 35.2 Å². The third-order valence-corrected chi connectivity index (χ3v) is 3.66. The Morgan fingerprint density at radius 1 is 1.24 bits per heavy atom. The highest BCUT2D eigenvalue weighted by atomic mass is 19.1. The first-order valence-corrected chi connectivity index (χ1v) is 7.08. The van der Waals surface area contributed by atoms with Crippen LogP contribution in [0.2, 0.25) is 0 Å². The lowest BCUT2D eigenvalue weighted by Crippen LogP contribution is -2.21. The molecule has 2 aromatic carbocycles. The van der Waals surface area contributed by atoms with Gasteiger partial charge in [0.05, 0.1) is 6.61 Å². The second kappa shape index (κ2) is 6.24. The number of halogens is 1. The number of hydrogen-bond acceptors (Lipinski definition) is 3. The summed E-state index contributed by atoms with van der Waals surface area (Å²) < 4.78 is 24.9. The summed E-state index contributed by atoms with van der Waals surface area (Å²) in [7, 11) is 0. The van der Waals surface area contributed by atoms with Gasteiger partial charge in [-0.25, -0.2) is 4.39 Å². The van der Waals surface area contributed by atoms with Crippen molar-refractivity contribution in [1.82, 2.24) is 0 Å². The van der Waals surface area contributed by atoms with Crippen molar-refractivity contribution in [3.8, 4) is 5.75 Å². The Kier molecular flexibility index (Phi) is 4.18. The molecule has 1 aliphatic rings. The van der Waals surface area contributed by atoms with Crippen LogP contribution in [0.25, 0.3) is 0 Å². The van der Waals surface area contributed by atoms with Crippen LogP contribution in [0.15, 0.2) is 42.5 Å². The summed E-state index contributed by atoms with van der Waals surface area (Å²) in [5.41, 5.74) is 8.70. The molecule has 0 saturated heterocycles. The van der Waals surface area contributed by atoms with Crippen LogP contribution < -0.4 is 10.5 Å². The van der Waals surface area contributed by atoms with E-state index in [4.69, 9.17) is 15.2 Å². The molecule has 0 bridgehead atoms. The molecular formula is C17H18FNO2. The third kappa shape index (κ3) is 3.23. The summed E-state index contributed by atoms with van der Waals surface area (Å²) in [5, 5.41) is 0. The molecule has 1 aliphatic heterocycles. The normalized spacial score (nSPS) is 17.3. The van der Waals surface area contributed by atoms with Gasteiger partial charge < -0.3 is 15.2 Å². The van der Waals surface area contributed by atoms with Crippen molar-refractivity contribution in [1.29, 1.82) is 0 Å². The lowest BCUT2D eigenvalue weighted by Gasteiger charge is -2.26. The van der Waals surface area contributed by atoms with E-state index in [1.165, 1.54) is 17.7 Å². The van der Waals surface area contributed by atoms with Gasteiger partial charge in [0.2, 0.25) is 0 Å². The molecule has 0 aromatic heterocycles. The van der Waals surface area contributed by atoms with Crippen LogP contribution in [0, 0.1) is 5.82 Å². The van der Waals surface area contributed by atoms with E-state index in [-0.39, 0.29) is 18.5 Å². The summed E-state index contributed by atoms with van der Waals surface area (Å²) in [6, 6.07) is 12.7. The Bertz CT molecular complexity index is 630. The lowest BCUT2D eigenvalue weighted by atomic mass is 9.98. The topological polar surface area (TPSA) is 44.5 Å². The van der Waals surface area contributed by atoms with Gasteiger partial charge in [-0.1, -0.05) is 24.3 Å². The van der Waals surface area contributed by atoms with Crippen LogP contribution in [0.4, 0.5) is 4.39 Å². The zero-order valence-electron chi connectivity index (χ0n) is 11.7. The van der Waals surface area contributed by atoms with Gasteiger partial charge in [-0.2, -0.15) is 0 Å². The smallest absolute Gasteiger partial charge is 0.127 e. The van der Waals surface area contributed by atoms with Crippen molar-refractivity contribution in [2.24, 2.45) is 5.73 Å². The molecule has 1 atom stereocenters. The van der Waals surface area contributed by atoms with Gasteiger partial charge >= 0.3 is 0 Å². The lowest BCUT2D eigenvalue weighted by molar-refractivity contribution is 0.0101. The molecule has 0 amide bonds. The van der Waals surface area contributed by atoms with Crippen molar-refractivity contribution < 1.29 is 13.9 Å². The van der Waals surface area contributed by atoms with Crippen LogP contribution in [0.1, 0.15) is 22.8 Å². The van der Waals surface area contributed by atoms with E-state index < -0.39 is 0 Å². The Hall–Kier alpha value is -1.91. The molecule has 0 aliphatic carbocycles. The quantitative estimate of drug-likeness (QED) is 0.940. The van der Waals surface area contributed by atoms with E-state index in [0.717, 1.165) is 17.5 Å². The van der Waals surface area contributed by atoms with Crippen molar-refractivity contribution in [3.63, 3.8) is 0 Å². The van der Waals surface area contributed by atoms with E-state index in [0.29, 0.717) is 19.0 Å². The van der Waals surface area contributed by atoms with E-state index in [1.54, 1.807) is 6.07 Å². The molecule has 2 N–H and O–H groups in total. The predicted molar refractivity (Wildman–Crippen MR) is 78.6 cm³/mol. The molecular weight excluding hydrogens is 269 g/mol. The Morgan fingerprint density at radius 2 is 2.10 bits per heavy atom. The average Bonchev–Trinajstić information content (AvgIpc) is 2.52. The van der Waals surface area contributed by atoms with E-state index in [1.807, 2.05) is 12.1 Å². The molecule has 0 fully saturated rings. The summed E-state index contributed by atoms with van der Waals surface area (Å²) in [4.78, 5) is 0. The number of benzene rings is 2. The summed E-state index contributed by atoms with van der Waals surface area (Å²) in [6.07, 6.45) is 0.809. The van der Waals surface area contributed by atoms with Gasteiger partial charge in [0, 0.05) is 12.6 Å². The second-order valence-corrected chi connectivity index (χ2v) is 5.12. The van der Waals surface area contributed by atoms with Crippen LogP contribution in [-0.2, 0) is 17.7 Å². The van der Waals surface area contributed by atoms with Crippen LogP contribution >= 0.6 is 0 Å². The molecule has 0 radical (unpaired) electrons. The number of fused-ring (bicyclic) bond motifs is 1. The van der Waals surface area contributed by atoms with Crippen molar-refractivity contribution >= 4 is 0 Å². The molecule has 3 rings (SSSR count). The monoisotopic (exact) mass is 287 g/mol. The minimum atomic E-state index is -0.335. The fourth-order valence-electron chi connectivity index (χ4n) is 2.61. The van der Waals surface area contributed by atoms with Crippen LogP contribution in [0.5, 0.6) is 5.75 Å². The molecule has 21 heavy (non-hydrogen) atoms. The Morgan fingerprint density at radius 3 is 2.95 bits per heavy atom. The fourth-order valence-corrected chi connectivity index (χ4v) is 2.61. The van der Waals surface area contributed by atoms with E-state index >= 15 is 0 Å². The van der Waals surface area contributed by atoms with Gasteiger partial charge in [-0.3, -0.25) is 0 Å². The van der Waals surface area contributed by atoms with Crippen LogP contribution in [0.3, 0.4) is 0 Å². The molecule has 110 valence electrons. The first-order chi connectivity index (χ1) is 10.3. The standard InChI is InChI=1S/C17H18FNO2/c18-14-7-12(10-19)8-15(9-14)21-11-17-16-4-2-1-3-13(16)5-6-20-17/h1-4,7-9,17H,5-6,10-11,19H2. The average molecular weight is 287 g/mol. The number of nitrogens with two attached hydrogens (primary N) is 1. The number of ether oxygens (including phenoxy) is 2. The zero-order valence-corrected chi connectivity index (χ0v) is 11.7. The summed E-state index contributed by atoms with van der Waals surface area (Å²) >= 11 is 0. The van der Waals surface area contributed by atoms with Gasteiger partial charge in [0.1, 0.15) is 24.3 Å². The zero-order chi connectivity index (χ0) is 14.7. The minimum Gasteiger partial charge on any atom is -0.490 e. The highest BCUT2D eigenvalue weighted by Gasteiger charge is 2.21. The van der Waals surface area contributed by atoms with Crippen molar-refractivity contribution in [2.75, 3.05) is 13.2 Å². The molecule has 2 aromatic rings. The third-order valence-electron chi connectivity index (χ3n) is 3.66. The molecule has 1 heterocycles. The highest BCUT2D eigenvalue weighted by Crippen LogP contribution is 2.28. The van der Waals surface area contributed by atoms with E-state index in [9.17, 15) is 4.39 Å². The molecule has 0 saturated carbocycles. The van der Waals surface area contributed by atoms with Gasteiger partial charge in [0.25, 0.3) is 0 Å². The van der Waals surface area contributed by atoms with Gasteiger partial charge in [0.15, 0.2) is 0 Å². The first-order valence-electron chi connectivity index (χ1n) is 7.08. The summed E-state index contributed by atoms with van der Waals surface area (Å²) in [6.45, 7) is 1.34. The van der Waals surface area contributed by atoms with Crippen molar-refractivity contribution in [3.05, 3.63) is 65.0 Å². The summed E-state index contributed by atoms with van der Waals surface area (Å²) in [5.74, 6) is 0.153. The number of rotatable bonds is 4. The van der Waals surface area contributed by atoms with Crippen LogP contribution in [-0.4, -0.2) is 13.2 Å². The Balaban J connectivity index is 1.73. The second-order valence-electron chi connectivity index (χ2n) is 5.12. The highest BCUT2D eigenvalue weighted by molar-refractivity contribution is 5.32. The number of hydrogen-bond donors (Lipinski definition) is 1. The molecule has 3 nitrogen and oxygen atoms in total. The Labute approximate surface area is 123 Å². The molecule has 4 heteroatoms. The SMILES string of the molecule is NCc1cc(F)cc(OCC2OCCc3ccccc32)c1. The van der Waals surface area contributed by atoms with E-state index in [2.05, 4.69) is 12.1 Å². The molecule has 0 spiro atoms. The maximum absolute atomic E-state index is 13.5. The van der Waals surface area contributed by atoms with Crippen molar-refractivity contribution in [2.45, 2.75) is 19.1 Å². The minimum absolute atomic E-state index is 0.112. The van der Waals surface area contributed by atoms with Gasteiger partial charge in [-0.15, -0.1) is 0 Å². The largest absolute Gasteiger partial charge is 0.490 e. The maximum atomic E-state index is 13.5.